The molecule has 1 aromatic heterocycles. The van der Waals surface area contributed by atoms with Gasteiger partial charge in [-0.05, 0) is 6.07 Å². The molecule has 0 fully saturated rings. The van der Waals surface area contributed by atoms with Crippen molar-refractivity contribution in [2.45, 2.75) is 33.0 Å². The summed E-state index contributed by atoms with van der Waals surface area (Å²) in [4.78, 5) is 0.995. The molecule has 0 radical (unpaired) electrons. The molecule has 104 valence electrons. The van der Waals surface area contributed by atoms with Crippen molar-refractivity contribution in [3.05, 3.63) is 34.2 Å². The van der Waals surface area contributed by atoms with Crippen LogP contribution in [0.4, 0.5) is 8.78 Å². The van der Waals surface area contributed by atoms with Crippen LogP contribution in [0.25, 0.3) is 10.1 Å². The predicted octanol–water partition coefficient (Wildman–Crippen LogP) is 3.82. The number of benzene rings is 1. The summed E-state index contributed by atoms with van der Waals surface area (Å²) in [6, 6.07) is 2.64. The van der Waals surface area contributed by atoms with E-state index in [4.69, 9.17) is 4.74 Å². The smallest absolute Gasteiger partial charge is 0.143 e. The number of nitrogens with one attached hydrogen (secondary N) is 1. The molecule has 0 aliphatic heterocycles. The summed E-state index contributed by atoms with van der Waals surface area (Å²) in [7, 11) is 1.58. The first kappa shape index (κ1) is 14.4. The van der Waals surface area contributed by atoms with E-state index in [1.54, 1.807) is 7.11 Å². The van der Waals surface area contributed by atoms with Crippen LogP contribution in [0.1, 0.15) is 24.3 Å². The second-order valence-electron chi connectivity index (χ2n) is 4.74. The Morgan fingerprint density at radius 2 is 2.05 bits per heavy atom. The molecule has 0 aliphatic carbocycles. The first-order valence-electron chi connectivity index (χ1n) is 6.14. The van der Waals surface area contributed by atoms with E-state index < -0.39 is 11.6 Å². The average molecular weight is 285 g/mol. The van der Waals surface area contributed by atoms with Crippen LogP contribution >= 0.6 is 11.3 Å². The van der Waals surface area contributed by atoms with Gasteiger partial charge in [0.15, 0.2) is 0 Å². The van der Waals surface area contributed by atoms with Crippen LogP contribution in [0.2, 0.25) is 0 Å². The van der Waals surface area contributed by atoms with Gasteiger partial charge in [0.25, 0.3) is 0 Å². The zero-order chi connectivity index (χ0) is 14.0. The topological polar surface area (TPSA) is 21.3 Å². The Hall–Kier alpha value is -1.04. The molecule has 0 spiro atoms. The molecule has 0 aliphatic rings. The van der Waals surface area contributed by atoms with Crippen molar-refractivity contribution in [3.63, 3.8) is 0 Å². The van der Waals surface area contributed by atoms with Crippen molar-refractivity contribution in [1.82, 2.24) is 5.32 Å². The van der Waals surface area contributed by atoms with Gasteiger partial charge in [-0.1, -0.05) is 13.8 Å². The molecule has 1 heterocycles. The number of halogens is 2. The Morgan fingerprint density at radius 3 is 2.68 bits per heavy atom. The number of rotatable bonds is 5. The van der Waals surface area contributed by atoms with Gasteiger partial charge in [0.05, 0.1) is 11.3 Å². The molecule has 1 aromatic carbocycles. The van der Waals surface area contributed by atoms with E-state index in [1.165, 1.54) is 17.4 Å². The van der Waals surface area contributed by atoms with Crippen molar-refractivity contribution in [2.75, 3.05) is 7.11 Å². The molecule has 0 bridgehead atoms. The molecular formula is C14H17F2NOS. The third kappa shape index (κ3) is 3.11. The summed E-state index contributed by atoms with van der Waals surface area (Å²) in [6.07, 6.45) is 0. The molecule has 0 unspecified atom stereocenters. The van der Waals surface area contributed by atoms with Gasteiger partial charge in [-0.25, -0.2) is 8.78 Å². The summed E-state index contributed by atoms with van der Waals surface area (Å²) >= 11 is 1.36. The molecule has 2 nitrogen and oxygen atoms in total. The average Bonchev–Trinajstić information content (AvgIpc) is 2.66. The van der Waals surface area contributed by atoms with Crippen molar-refractivity contribution in [2.24, 2.45) is 0 Å². The molecule has 19 heavy (non-hydrogen) atoms. The molecule has 2 rings (SSSR count). The molecule has 5 heteroatoms. The van der Waals surface area contributed by atoms with Crippen molar-refractivity contribution in [3.8, 4) is 0 Å². The van der Waals surface area contributed by atoms with E-state index in [1.807, 2.05) is 13.8 Å². The lowest BCUT2D eigenvalue weighted by molar-refractivity contribution is 0.185. The fourth-order valence-electron chi connectivity index (χ4n) is 1.97. The van der Waals surface area contributed by atoms with E-state index in [9.17, 15) is 8.78 Å². The fraction of sp³-hybridized carbons (Fsp3) is 0.429. The van der Waals surface area contributed by atoms with E-state index in [2.05, 4.69) is 5.32 Å². The van der Waals surface area contributed by atoms with Gasteiger partial charge < -0.3 is 10.1 Å². The lowest BCUT2D eigenvalue weighted by Crippen LogP contribution is -2.21. The highest BCUT2D eigenvalue weighted by Crippen LogP contribution is 2.34. The third-order valence-electron chi connectivity index (χ3n) is 2.85. The number of ether oxygens (including phenoxy) is 1. The maximum Gasteiger partial charge on any atom is 0.143 e. The lowest BCUT2D eigenvalue weighted by atomic mass is 10.1. The minimum Gasteiger partial charge on any atom is -0.380 e. The molecule has 1 N–H and O–H groups in total. The summed E-state index contributed by atoms with van der Waals surface area (Å²) in [5.74, 6) is -1.06. The summed E-state index contributed by atoms with van der Waals surface area (Å²) in [5, 5.41) is 3.91. The highest BCUT2D eigenvalue weighted by molar-refractivity contribution is 7.19. The van der Waals surface area contributed by atoms with Crippen LogP contribution in [-0.2, 0) is 17.9 Å². The van der Waals surface area contributed by atoms with Crippen molar-refractivity contribution in [1.29, 1.82) is 0 Å². The molecule has 0 atom stereocenters. The first-order chi connectivity index (χ1) is 9.02. The van der Waals surface area contributed by atoms with Crippen LogP contribution < -0.4 is 5.32 Å². The van der Waals surface area contributed by atoms with Crippen molar-refractivity contribution >= 4 is 21.4 Å². The van der Waals surface area contributed by atoms with E-state index in [-0.39, 0.29) is 0 Å². The van der Waals surface area contributed by atoms with Crippen LogP contribution in [-0.4, -0.2) is 13.2 Å². The summed E-state index contributed by atoms with van der Waals surface area (Å²) < 4.78 is 32.8. The van der Waals surface area contributed by atoms with Gasteiger partial charge in [-0.3, -0.25) is 0 Å². The van der Waals surface area contributed by atoms with Gasteiger partial charge in [-0.15, -0.1) is 11.3 Å². The standard InChI is InChI=1S/C14H17F2NOS/c1-8(2)17-6-13-11(7-18-3)10-4-9(15)5-12(16)14(10)19-13/h4-5,8,17H,6-7H2,1-3H3. The monoisotopic (exact) mass is 285 g/mol. The van der Waals surface area contributed by atoms with Crippen LogP contribution in [0.5, 0.6) is 0 Å². The van der Waals surface area contributed by atoms with Crippen molar-refractivity contribution < 1.29 is 13.5 Å². The number of hydrogen-bond acceptors (Lipinski definition) is 3. The Balaban J connectivity index is 2.50. The largest absolute Gasteiger partial charge is 0.380 e. The second kappa shape index (κ2) is 5.94. The normalized spacial score (nSPS) is 11.7. The van der Waals surface area contributed by atoms with E-state index in [0.717, 1.165) is 16.5 Å². The number of methoxy groups -OCH3 is 1. The Labute approximate surface area is 115 Å². The van der Waals surface area contributed by atoms with Gasteiger partial charge in [0.2, 0.25) is 0 Å². The Bertz CT molecular complexity index is 580. The van der Waals surface area contributed by atoms with Crippen LogP contribution in [0, 0.1) is 11.6 Å². The molecule has 2 aromatic rings. The quantitative estimate of drug-likeness (QED) is 0.901. The SMILES string of the molecule is COCc1c(CNC(C)C)sc2c(F)cc(F)cc12. The Morgan fingerprint density at radius 1 is 1.32 bits per heavy atom. The highest BCUT2D eigenvalue weighted by atomic mass is 32.1. The third-order valence-corrected chi connectivity index (χ3v) is 4.11. The summed E-state index contributed by atoms with van der Waals surface area (Å²) in [5.41, 5.74) is 0.869. The molecule has 0 saturated heterocycles. The zero-order valence-electron chi connectivity index (χ0n) is 11.2. The Kier molecular flexibility index (Phi) is 4.50. The zero-order valence-corrected chi connectivity index (χ0v) is 12.0. The van der Waals surface area contributed by atoms with E-state index in [0.29, 0.717) is 29.3 Å². The number of hydrogen-bond donors (Lipinski definition) is 1. The maximum atomic E-state index is 13.8. The number of thiophene rings is 1. The van der Waals surface area contributed by atoms with Gasteiger partial charge in [-0.2, -0.15) is 0 Å². The lowest BCUT2D eigenvalue weighted by Gasteiger charge is -2.08. The minimum absolute atomic E-state index is 0.335. The number of fused-ring (bicyclic) bond motifs is 1. The van der Waals surface area contributed by atoms with E-state index >= 15 is 0 Å². The van der Waals surface area contributed by atoms with Gasteiger partial charge >= 0.3 is 0 Å². The van der Waals surface area contributed by atoms with Crippen LogP contribution in [0.15, 0.2) is 12.1 Å². The summed E-state index contributed by atoms with van der Waals surface area (Å²) in [6.45, 7) is 5.09. The molecule has 0 amide bonds. The maximum absolute atomic E-state index is 13.8. The molecular weight excluding hydrogens is 268 g/mol. The highest BCUT2D eigenvalue weighted by Gasteiger charge is 2.16. The second-order valence-corrected chi connectivity index (χ2v) is 5.84. The fourth-order valence-corrected chi connectivity index (χ4v) is 3.11. The van der Waals surface area contributed by atoms with Gasteiger partial charge in [0, 0.05) is 41.6 Å². The molecule has 0 saturated carbocycles. The first-order valence-corrected chi connectivity index (χ1v) is 6.96. The van der Waals surface area contributed by atoms with Crippen LogP contribution in [0.3, 0.4) is 0 Å². The minimum atomic E-state index is -0.552. The van der Waals surface area contributed by atoms with Gasteiger partial charge in [0.1, 0.15) is 11.6 Å². The predicted molar refractivity (Wildman–Crippen MR) is 74.4 cm³/mol.